The first-order valence-electron chi connectivity index (χ1n) is 8.99. The number of methoxy groups -OCH3 is 1. The number of halogens is 1. The standard InChI is InChI=1S/C22H22ClN3O2/c1-28-20-8-5-17(6-9-20)14-25-19-7-10-21(26-15-19)22(27)24-12-11-16-3-2-4-18(23)13-16/h2-10,13,15,25H,11-12,14H2,1H3,(H,24,27). The zero-order valence-electron chi connectivity index (χ0n) is 15.6. The number of nitrogens with one attached hydrogen (secondary N) is 2. The lowest BCUT2D eigenvalue weighted by atomic mass is 10.1. The van der Waals surface area contributed by atoms with Crippen molar-refractivity contribution in [3.8, 4) is 5.75 Å². The fraction of sp³-hybridized carbons (Fsp3) is 0.182. The summed E-state index contributed by atoms with van der Waals surface area (Å²) in [5.74, 6) is 0.639. The summed E-state index contributed by atoms with van der Waals surface area (Å²) in [5.41, 5.74) is 3.45. The summed E-state index contributed by atoms with van der Waals surface area (Å²) in [7, 11) is 1.65. The molecule has 144 valence electrons. The van der Waals surface area contributed by atoms with Gasteiger partial charge < -0.3 is 15.4 Å². The van der Waals surface area contributed by atoms with E-state index >= 15 is 0 Å². The molecule has 1 aromatic heterocycles. The molecule has 0 fully saturated rings. The Morgan fingerprint density at radius 1 is 1.07 bits per heavy atom. The molecule has 0 saturated carbocycles. The van der Waals surface area contributed by atoms with Gasteiger partial charge in [0, 0.05) is 18.1 Å². The third-order valence-corrected chi connectivity index (χ3v) is 4.48. The molecule has 2 N–H and O–H groups in total. The van der Waals surface area contributed by atoms with E-state index in [1.54, 1.807) is 19.4 Å². The van der Waals surface area contributed by atoms with Crippen molar-refractivity contribution in [1.82, 2.24) is 10.3 Å². The van der Waals surface area contributed by atoms with Crippen molar-refractivity contribution in [1.29, 1.82) is 0 Å². The fourth-order valence-corrected chi connectivity index (χ4v) is 2.90. The molecule has 0 atom stereocenters. The van der Waals surface area contributed by atoms with E-state index in [0.29, 0.717) is 30.2 Å². The van der Waals surface area contributed by atoms with E-state index in [-0.39, 0.29) is 5.91 Å². The van der Waals surface area contributed by atoms with E-state index in [2.05, 4.69) is 15.6 Å². The first kappa shape index (κ1) is 19.7. The molecule has 2 aromatic carbocycles. The molecule has 0 spiro atoms. The topological polar surface area (TPSA) is 63.2 Å². The highest BCUT2D eigenvalue weighted by Crippen LogP contribution is 2.14. The average molecular weight is 396 g/mol. The van der Waals surface area contributed by atoms with Gasteiger partial charge in [-0.3, -0.25) is 4.79 Å². The maximum atomic E-state index is 12.2. The largest absolute Gasteiger partial charge is 0.497 e. The van der Waals surface area contributed by atoms with E-state index in [9.17, 15) is 4.79 Å². The van der Waals surface area contributed by atoms with Gasteiger partial charge in [-0.25, -0.2) is 4.98 Å². The minimum Gasteiger partial charge on any atom is -0.497 e. The summed E-state index contributed by atoms with van der Waals surface area (Å²) in [4.78, 5) is 16.5. The summed E-state index contributed by atoms with van der Waals surface area (Å²) < 4.78 is 5.15. The van der Waals surface area contributed by atoms with Crippen LogP contribution in [0.15, 0.2) is 66.9 Å². The molecule has 3 aromatic rings. The van der Waals surface area contributed by atoms with E-state index in [0.717, 1.165) is 22.6 Å². The van der Waals surface area contributed by atoms with Crippen LogP contribution in [0.4, 0.5) is 5.69 Å². The highest BCUT2D eigenvalue weighted by atomic mass is 35.5. The van der Waals surface area contributed by atoms with Crippen molar-refractivity contribution in [2.24, 2.45) is 0 Å². The lowest BCUT2D eigenvalue weighted by Gasteiger charge is -2.08. The quantitative estimate of drug-likeness (QED) is 0.596. The average Bonchev–Trinajstić information content (AvgIpc) is 2.73. The maximum absolute atomic E-state index is 12.2. The Morgan fingerprint density at radius 2 is 1.89 bits per heavy atom. The van der Waals surface area contributed by atoms with E-state index < -0.39 is 0 Å². The van der Waals surface area contributed by atoms with Gasteiger partial charge in [0.05, 0.1) is 19.0 Å². The molecule has 6 heteroatoms. The second-order valence-corrected chi connectivity index (χ2v) is 6.71. The van der Waals surface area contributed by atoms with Gasteiger partial charge in [0.1, 0.15) is 11.4 Å². The second-order valence-electron chi connectivity index (χ2n) is 6.27. The van der Waals surface area contributed by atoms with Crippen molar-refractivity contribution in [3.63, 3.8) is 0 Å². The predicted molar refractivity (Wildman–Crippen MR) is 112 cm³/mol. The van der Waals surface area contributed by atoms with Crippen LogP contribution in [-0.2, 0) is 13.0 Å². The Bertz CT molecular complexity index is 912. The zero-order chi connectivity index (χ0) is 19.8. The molecule has 0 bridgehead atoms. The summed E-state index contributed by atoms with van der Waals surface area (Å²) in [6, 6.07) is 19.0. The van der Waals surface area contributed by atoms with Crippen LogP contribution in [0.25, 0.3) is 0 Å². The van der Waals surface area contributed by atoms with Crippen LogP contribution >= 0.6 is 11.6 Å². The number of carbonyl (C=O) groups is 1. The van der Waals surface area contributed by atoms with Gasteiger partial charge in [-0.1, -0.05) is 35.9 Å². The van der Waals surface area contributed by atoms with Crippen molar-refractivity contribution < 1.29 is 9.53 Å². The number of hydrogen-bond donors (Lipinski definition) is 2. The molecule has 1 amide bonds. The fourth-order valence-electron chi connectivity index (χ4n) is 2.68. The van der Waals surface area contributed by atoms with Crippen LogP contribution in [0.5, 0.6) is 5.75 Å². The normalized spacial score (nSPS) is 10.4. The Kier molecular flexibility index (Phi) is 6.87. The summed E-state index contributed by atoms with van der Waals surface area (Å²) >= 11 is 5.97. The molecule has 0 aliphatic rings. The Balaban J connectivity index is 1.46. The second kappa shape index (κ2) is 9.76. The third kappa shape index (κ3) is 5.72. The third-order valence-electron chi connectivity index (χ3n) is 4.24. The number of benzene rings is 2. The van der Waals surface area contributed by atoms with Crippen LogP contribution < -0.4 is 15.4 Å². The lowest BCUT2D eigenvalue weighted by Crippen LogP contribution is -2.26. The molecule has 0 aliphatic carbocycles. The first-order chi connectivity index (χ1) is 13.6. The minimum atomic E-state index is -0.191. The number of carbonyl (C=O) groups excluding carboxylic acids is 1. The van der Waals surface area contributed by atoms with Gasteiger partial charge in [-0.15, -0.1) is 0 Å². The number of rotatable bonds is 8. The van der Waals surface area contributed by atoms with E-state index in [4.69, 9.17) is 16.3 Å². The number of aromatic nitrogens is 1. The Hall–Kier alpha value is -3.05. The number of ether oxygens (including phenoxy) is 1. The van der Waals surface area contributed by atoms with Gasteiger partial charge in [-0.05, 0) is 53.9 Å². The lowest BCUT2D eigenvalue weighted by molar-refractivity contribution is 0.0949. The maximum Gasteiger partial charge on any atom is 0.269 e. The Labute approximate surface area is 169 Å². The predicted octanol–water partition coefficient (Wildman–Crippen LogP) is 4.33. The number of amides is 1. The summed E-state index contributed by atoms with van der Waals surface area (Å²) in [5, 5.41) is 6.86. The Morgan fingerprint density at radius 3 is 2.57 bits per heavy atom. The molecule has 0 aliphatic heterocycles. The van der Waals surface area contributed by atoms with Crippen LogP contribution in [0.3, 0.4) is 0 Å². The molecule has 1 heterocycles. The smallest absolute Gasteiger partial charge is 0.269 e. The van der Waals surface area contributed by atoms with Crippen LogP contribution in [0.1, 0.15) is 21.6 Å². The summed E-state index contributed by atoms with van der Waals surface area (Å²) in [6.45, 7) is 1.19. The molecule has 0 saturated heterocycles. The number of nitrogens with zero attached hydrogens (tertiary/aromatic N) is 1. The molecular weight excluding hydrogens is 374 g/mol. The monoisotopic (exact) mass is 395 g/mol. The van der Waals surface area contributed by atoms with Gasteiger partial charge in [0.15, 0.2) is 0 Å². The number of anilines is 1. The van der Waals surface area contributed by atoms with E-state index in [1.165, 1.54) is 0 Å². The van der Waals surface area contributed by atoms with Gasteiger partial charge >= 0.3 is 0 Å². The molecule has 28 heavy (non-hydrogen) atoms. The number of pyridine rings is 1. The van der Waals surface area contributed by atoms with Gasteiger partial charge in [-0.2, -0.15) is 0 Å². The molecular formula is C22H22ClN3O2. The molecule has 5 nitrogen and oxygen atoms in total. The van der Waals surface area contributed by atoms with E-state index in [1.807, 2.05) is 54.6 Å². The SMILES string of the molecule is COc1ccc(CNc2ccc(C(=O)NCCc3cccc(Cl)c3)nc2)cc1. The molecule has 3 rings (SSSR count). The summed E-state index contributed by atoms with van der Waals surface area (Å²) in [6.07, 6.45) is 2.38. The van der Waals surface area contributed by atoms with Crippen molar-refractivity contribution >= 4 is 23.2 Å². The zero-order valence-corrected chi connectivity index (χ0v) is 16.4. The van der Waals surface area contributed by atoms with Crippen molar-refractivity contribution in [2.75, 3.05) is 19.0 Å². The van der Waals surface area contributed by atoms with Crippen molar-refractivity contribution in [3.05, 3.63) is 88.7 Å². The molecule has 0 unspecified atom stereocenters. The first-order valence-corrected chi connectivity index (χ1v) is 9.37. The highest BCUT2D eigenvalue weighted by Gasteiger charge is 2.07. The van der Waals surface area contributed by atoms with Crippen LogP contribution in [0.2, 0.25) is 5.02 Å². The minimum absolute atomic E-state index is 0.191. The van der Waals surface area contributed by atoms with Crippen LogP contribution in [-0.4, -0.2) is 24.5 Å². The van der Waals surface area contributed by atoms with Crippen LogP contribution in [0, 0.1) is 0 Å². The van der Waals surface area contributed by atoms with Gasteiger partial charge in [0.25, 0.3) is 5.91 Å². The van der Waals surface area contributed by atoms with Gasteiger partial charge in [0.2, 0.25) is 0 Å². The highest BCUT2D eigenvalue weighted by molar-refractivity contribution is 6.30. The number of hydrogen-bond acceptors (Lipinski definition) is 4. The van der Waals surface area contributed by atoms with Crippen molar-refractivity contribution in [2.45, 2.75) is 13.0 Å². The molecule has 0 radical (unpaired) electrons.